The van der Waals surface area contributed by atoms with E-state index in [4.69, 9.17) is 0 Å². The molecule has 1 rings (SSSR count). The highest BCUT2D eigenvalue weighted by atomic mass is 16.2. The summed E-state index contributed by atoms with van der Waals surface area (Å²) in [7, 11) is 0. The number of nitrogens with zero attached hydrogens (tertiary/aromatic N) is 1. The van der Waals surface area contributed by atoms with E-state index in [0.29, 0.717) is 12.5 Å². The molecule has 1 aliphatic rings. The van der Waals surface area contributed by atoms with Crippen molar-refractivity contribution in [2.45, 2.75) is 59.0 Å². The van der Waals surface area contributed by atoms with E-state index >= 15 is 0 Å². The van der Waals surface area contributed by atoms with Crippen LogP contribution in [0, 0.1) is 5.92 Å². The average Bonchev–Trinajstić information content (AvgIpc) is 2.26. The number of carbonyl (C=O) groups excluding carboxylic acids is 2. The maximum Gasteiger partial charge on any atom is 0.245 e. The Kier molecular flexibility index (Phi) is 4.97. The molecule has 17 heavy (non-hydrogen) atoms. The second kappa shape index (κ2) is 6.03. The summed E-state index contributed by atoms with van der Waals surface area (Å²) in [6.07, 6.45) is 2.58. The average molecular weight is 240 g/mol. The zero-order valence-electron chi connectivity index (χ0n) is 11.3. The number of carbonyl (C=O) groups is 2. The third-order valence-corrected chi connectivity index (χ3v) is 3.27. The molecular formula is C13H24N2O2. The third kappa shape index (κ3) is 3.45. The molecule has 0 spiro atoms. The molecular weight excluding hydrogens is 216 g/mol. The summed E-state index contributed by atoms with van der Waals surface area (Å²) in [5.74, 6) is 0.607. The number of hydrogen-bond acceptors (Lipinski definition) is 2. The van der Waals surface area contributed by atoms with Gasteiger partial charge in [0, 0.05) is 6.54 Å². The van der Waals surface area contributed by atoms with E-state index in [1.165, 1.54) is 0 Å². The summed E-state index contributed by atoms with van der Waals surface area (Å²) in [6, 6.07) is -0.634. The first-order valence-corrected chi connectivity index (χ1v) is 6.58. The van der Waals surface area contributed by atoms with Crippen molar-refractivity contribution in [2.24, 2.45) is 5.92 Å². The Labute approximate surface area is 104 Å². The van der Waals surface area contributed by atoms with Gasteiger partial charge in [-0.1, -0.05) is 27.2 Å². The van der Waals surface area contributed by atoms with Gasteiger partial charge < -0.3 is 10.2 Å². The highest BCUT2D eigenvalue weighted by Gasteiger charge is 2.36. The van der Waals surface area contributed by atoms with Crippen LogP contribution in [0.3, 0.4) is 0 Å². The van der Waals surface area contributed by atoms with Gasteiger partial charge in [0.1, 0.15) is 12.1 Å². The van der Waals surface area contributed by atoms with Crippen LogP contribution in [-0.4, -0.2) is 35.3 Å². The normalized spacial score (nSPS) is 25.4. The van der Waals surface area contributed by atoms with Crippen LogP contribution in [0.5, 0.6) is 0 Å². The number of amides is 2. The van der Waals surface area contributed by atoms with Gasteiger partial charge in [0.2, 0.25) is 11.8 Å². The van der Waals surface area contributed by atoms with Crippen LogP contribution in [0.25, 0.3) is 0 Å². The number of hydrogen-bond donors (Lipinski definition) is 1. The van der Waals surface area contributed by atoms with Gasteiger partial charge in [-0.25, -0.2) is 0 Å². The zero-order chi connectivity index (χ0) is 13.0. The molecule has 1 aliphatic heterocycles. The standard InChI is InChI=1S/C13H24N2O2/c1-5-6-11-13(17)15(8-7-9(2)3)10(4)12(16)14-11/h9-11H,5-8H2,1-4H3,(H,14,16). The SMILES string of the molecule is CCCC1NC(=O)C(C)N(CCC(C)C)C1=O. The minimum Gasteiger partial charge on any atom is -0.343 e. The summed E-state index contributed by atoms with van der Waals surface area (Å²) in [5.41, 5.74) is 0. The third-order valence-electron chi connectivity index (χ3n) is 3.27. The van der Waals surface area contributed by atoms with Crippen molar-refractivity contribution in [3.63, 3.8) is 0 Å². The van der Waals surface area contributed by atoms with E-state index in [1.54, 1.807) is 11.8 Å². The van der Waals surface area contributed by atoms with E-state index in [-0.39, 0.29) is 23.9 Å². The van der Waals surface area contributed by atoms with Gasteiger partial charge in [0.05, 0.1) is 0 Å². The summed E-state index contributed by atoms with van der Waals surface area (Å²) >= 11 is 0. The number of rotatable bonds is 5. The van der Waals surface area contributed by atoms with Crippen LogP contribution in [-0.2, 0) is 9.59 Å². The van der Waals surface area contributed by atoms with Crippen molar-refractivity contribution in [1.29, 1.82) is 0 Å². The van der Waals surface area contributed by atoms with Gasteiger partial charge in [0.25, 0.3) is 0 Å². The van der Waals surface area contributed by atoms with Crippen molar-refractivity contribution in [3.05, 3.63) is 0 Å². The molecule has 1 saturated heterocycles. The van der Waals surface area contributed by atoms with E-state index < -0.39 is 0 Å². The first-order valence-electron chi connectivity index (χ1n) is 6.58. The Balaban J connectivity index is 2.69. The molecule has 2 unspecified atom stereocenters. The summed E-state index contributed by atoms with van der Waals surface area (Å²) in [6.45, 7) is 8.77. The predicted molar refractivity (Wildman–Crippen MR) is 67.5 cm³/mol. The van der Waals surface area contributed by atoms with Crippen LogP contribution >= 0.6 is 0 Å². The summed E-state index contributed by atoms with van der Waals surface area (Å²) in [5, 5.41) is 2.80. The molecule has 4 nitrogen and oxygen atoms in total. The zero-order valence-corrected chi connectivity index (χ0v) is 11.3. The fourth-order valence-electron chi connectivity index (χ4n) is 2.07. The Morgan fingerprint density at radius 3 is 2.53 bits per heavy atom. The quantitative estimate of drug-likeness (QED) is 0.792. The fourth-order valence-corrected chi connectivity index (χ4v) is 2.07. The lowest BCUT2D eigenvalue weighted by Crippen LogP contribution is -2.62. The second-order valence-electron chi connectivity index (χ2n) is 5.24. The van der Waals surface area contributed by atoms with Gasteiger partial charge in [0.15, 0.2) is 0 Å². The highest BCUT2D eigenvalue weighted by molar-refractivity contribution is 5.96. The van der Waals surface area contributed by atoms with Crippen LogP contribution in [0.15, 0.2) is 0 Å². The number of nitrogens with one attached hydrogen (secondary N) is 1. The Morgan fingerprint density at radius 2 is 2.00 bits per heavy atom. The molecule has 4 heteroatoms. The van der Waals surface area contributed by atoms with Crippen LogP contribution in [0.4, 0.5) is 0 Å². The molecule has 1 heterocycles. The van der Waals surface area contributed by atoms with Gasteiger partial charge in [-0.05, 0) is 25.7 Å². The minimum atomic E-state index is -0.325. The van der Waals surface area contributed by atoms with Crippen molar-refractivity contribution in [2.75, 3.05) is 6.54 Å². The van der Waals surface area contributed by atoms with Crippen molar-refractivity contribution in [3.8, 4) is 0 Å². The second-order valence-corrected chi connectivity index (χ2v) is 5.24. The van der Waals surface area contributed by atoms with Gasteiger partial charge in [-0.2, -0.15) is 0 Å². The lowest BCUT2D eigenvalue weighted by Gasteiger charge is -2.37. The monoisotopic (exact) mass is 240 g/mol. The molecule has 2 atom stereocenters. The van der Waals surface area contributed by atoms with Crippen molar-refractivity contribution >= 4 is 11.8 Å². The Bertz CT molecular complexity index is 289. The molecule has 1 N–H and O–H groups in total. The first-order chi connectivity index (χ1) is 7.97. The maximum atomic E-state index is 12.2. The van der Waals surface area contributed by atoms with E-state index in [9.17, 15) is 9.59 Å². The van der Waals surface area contributed by atoms with Crippen LogP contribution < -0.4 is 5.32 Å². The lowest BCUT2D eigenvalue weighted by molar-refractivity contribution is -0.149. The smallest absolute Gasteiger partial charge is 0.245 e. The highest BCUT2D eigenvalue weighted by Crippen LogP contribution is 2.15. The number of piperazine rings is 1. The van der Waals surface area contributed by atoms with Gasteiger partial charge in [-0.15, -0.1) is 0 Å². The fraction of sp³-hybridized carbons (Fsp3) is 0.846. The minimum absolute atomic E-state index is 0.0215. The maximum absolute atomic E-state index is 12.2. The molecule has 0 aromatic heterocycles. The van der Waals surface area contributed by atoms with Crippen LogP contribution in [0.2, 0.25) is 0 Å². The molecule has 0 saturated carbocycles. The molecule has 0 radical (unpaired) electrons. The lowest BCUT2D eigenvalue weighted by atomic mass is 10.0. The molecule has 0 aliphatic carbocycles. The van der Waals surface area contributed by atoms with Gasteiger partial charge >= 0.3 is 0 Å². The van der Waals surface area contributed by atoms with E-state index in [0.717, 1.165) is 19.3 Å². The van der Waals surface area contributed by atoms with Crippen LogP contribution in [0.1, 0.15) is 47.0 Å². The molecule has 0 aromatic carbocycles. The molecule has 98 valence electrons. The topological polar surface area (TPSA) is 49.4 Å². The molecule has 1 fully saturated rings. The summed E-state index contributed by atoms with van der Waals surface area (Å²) in [4.78, 5) is 25.7. The predicted octanol–water partition coefficient (Wildman–Crippen LogP) is 1.55. The molecule has 0 bridgehead atoms. The van der Waals surface area contributed by atoms with Gasteiger partial charge in [-0.3, -0.25) is 9.59 Å². The Morgan fingerprint density at radius 1 is 1.35 bits per heavy atom. The largest absolute Gasteiger partial charge is 0.343 e. The van der Waals surface area contributed by atoms with E-state index in [1.807, 2.05) is 6.92 Å². The molecule has 2 amide bonds. The Hall–Kier alpha value is -1.06. The van der Waals surface area contributed by atoms with E-state index in [2.05, 4.69) is 19.2 Å². The molecule has 0 aromatic rings. The van der Waals surface area contributed by atoms with Crippen molar-refractivity contribution < 1.29 is 9.59 Å². The van der Waals surface area contributed by atoms with Crippen molar-refractivity contribution in [1.82, 2.24) is 10.2 Å². The first kappa shape index (κ1) is 14.0. The summed E-state index contributed by atoms with van der Waals surface area (Å²) < 4.78 is 0.